The minimum atomic E-state index is -0.579. The zero-order valence-electron chi connectivity index (χ0n) is 19.1. The van der Waals surface area contributed by atoms with E-state index in [0.717, 1.165) is 32.5 Å². The van der Waals surface area contributed by atoms with Crippen LogP contribution in [0.5, 0.6) is 0 Å². The van der Waals surface area contributed by atoms with Crippen molar-refractivity contribution in [2.45, 2.75) is 48.1 Å². The van der Waals surface area contributed by atoms with Gasteiger partial charge in [0.15, 0.2) is 0 Å². The number of aliphatic hydroxyl groups excluding tert-OH is 1. The third-order valence-electron chi connectivity index (χ3n) is 7.69. The van der Waals surface area contributed by atoms with Crippen molar-refractivity contribution in [2.75, 3.05) is 59.6 Å². The number of amides is 3. The summed E-state index contributed by atoms with van der Waals surface area (Å²) in [5, 5.41) is 15.1. The summed E-state index contributed by atoms with van der Waals surface area (Å²) < 4.78 is 4.49. The van der Waals surface area contributed by atoms with E-state index in [9.17, 15) is 19.5 Å². The smallest absolute Gasteiger partial charge is 0.244 e. The van der Waals surface area contributed by atoms with Gasteiger partial charge in [0.2, 0.25) is 17.7 Å². The number of carbonyl (C=O) groups is 3. The molecule has 0 aromatic heterocycles. The van der Waals surface area contributed by atoms with E-state index in [4.69, 9.17) is 4.74 Å². The number of nitrogens with one attached hydrogen (secondary N) is 2. The van der Waals surface area contributed by atoms with Gasteiger partial charge in [-0.25, -0.2) is 0 Å². The monoisotopic (exact) mass is 468 g/mol. The zero-order valence-corrected chi connectivity index (χ0v) is 19.9. The van der Waals surface area contributed by atoms with E-state index in [-0.39, 0.29) is 29.1 Å². The van der Waals surface area contributed by atoms with Gasteiger partial charge in [-0.2, -0.15) is 0 Å². The molecule has 32 heavy (non-hydrogen) atoms. The van der Waals surface area contributed by atoms with E-state index in [0.29, 0.717) is 39.1 Å². The second-order valence-electron chi connectivity index (χ2n) is 9.55. The molecule has 2 bridgehead atoms. The number of nitrogens with zero attached hydrogens (tertiary/aromatic N) is 2. The Bertz CT molecular complexity index is 748. The average molecular weight is 469 g/mol. The highest BCUT2D eigenvalue weighted by molar-refractivity contribution is 8.02. The van der Waals surface area contributed by atoms with Crippen LogP contribution in [0.1, 0.15) is 32.6 Å². The van der Waals surface area contributed by atoms with Crippen LogP contribution in [0.15, 0.2) is 0 Å². The van der Waals surface area contributed by atoms with Crippen molar-refractivity contribution in [2.24, 2.45) is 11.8 Å². The number of morpholine rings is 1. The van der Waals surface area contributed by atoms with Crippen LogP contribution in [0, 0.1) is 11.8 Å². The maximum atomic E-state index is 13.6. The number of rotatable bonds is 9. The number of fused-ring (bicyclic) bond motifs is 1. The largest absolute Gasteiger partial charge is 0.396 e. The van der Waals surface area contributed by atoms with Crippen molar-refractivity contribution in [3.63, 3.8) is 0 Å². The molecule has 10 heteroatoms. The minimum Gasteiger partial charge on any atom is -0.396 e. The van der Waals surface area contributed by atoms with Crippen LogP contribution >= 0.6 is 11.8 Å². The summed E-state index contributed by atoms with van der Waals surface area (Å²) in [5.74, 6) is -1.21. The molecule has 4 heterocycles. The molecule has 4 saturated heterocycles. The van der Waals surface area contributed by atoms with Gasteiger partial charge in [0.1, 0.15) is 6.04 Å². The first-order chi connectivity index (χ1) is 15.4. The van der Waals surface area contributed by atoms with Crippen LogP contribution in [0.4, 0.5) is 0 Å². The summed E-state index contributed by atoms with van der Waals surface area (Å²) in [5.41, 5.74) is 0. The highest BCUT2D eigenvalue weighted by Gasteiger charge is 2.76. The lowest BCUT2D eigenvalue weighted by atomic mass is 9.66. The van der Waals surface area contributed by atoms with Crippen LogP contribution in [-0.2, 0) is 19.1 Å². The molecule has 180 valence electrons. The van der Waals surface area contributed by atoms with Gasteiger partial charge in [0.25, 0.3) is 0 Å². The summed E-state index contributed by atoms with van der Waals surface area (Å²) in [6.45, 7) is 6.98. The lowest BCUT2D eigenvalue weighted by molar-refractivity contribution is -0.140. The molecule has 2 unspecified atom stereocenters. The zero-order chi connectivity index (χ0) is 22.9. The Morgan fingerprint density at radius 3 is 2.62 bits per heavy atom. The summed E-state index contributed by atoms with van der Waals surface area (Å²) in [7, 11) is 1.61. The lowest BCUT2D eigenvalue weighted by Crippen LogP contribution is -2.54. The molecule has 5 atom stereocenters. The standard InChI is InChI=1S/C22H36N4O5S/c1-21-5-6-22(32-21)16(15(21)18(28)23-2)20(30)26(8-3-4-12-27)17(22)19(29)24-7-9-25-10-13-31-14-11-25/h15-17,27H,3-14H2,1-2H3,(H,23,28)(H,24,29)/t15-,16+,17?,21+,22?/m1/s1. The Morgan fingerprint density at radius 1 is 1.19 bits per heavy atom. The first-order valence-electron chi connectivity index (χ1n) is 11.8. The molecule has 4 fully saturated rings. The topological polar surface area (TPSA) is 111 Å². The number of thioether (sulfide) groups is 1. The molecule has 0 aliphatic carbocycles. The third kappa shape index (κ3) is 3.93. The van der Waals surface area contributed by atoms with Gasteiger partial charge in [-0.15, -0.1) is 11.8 Å². The predicted octanol–water partition coefficient (Wildman–Crippen LogP) is -0.565. The fraction of sp³-hybridized carbons (Fsp3) is 0.864. The molecular weight excluding hydrogens is 432 g/mol. The molecule has 0 aromatic rings. The summed E-state index contributed by atoms with van der Waals surface area (Å²) in [6.07, 6.45) is 2.80. The molecule has 9 nitrogen and oxygen atoms in total. The number of hydrogen-bond donors (Lipinski definition) is 3. The molecular formula is C22H36N4O5S. The Morgan fingerprint density at radius 2 is 1.94 bits per heavy atom. The normalized spacial score (nSPS) is 36.4. The molecule has 4 aliphatic heterocycles. The molecule has 3 amide bonds. The van der Waals surface area contributed by atoms with Crippen LogP contribution in [0.3, 0.4) is 0 Å². The number of unbranched alkanes of at least 4 members (excludes halogenated alkanes) is 1. The first-order valence-corrected chi connectivity index (χ1v) is 12.6. The Hall–Kier alpha value is -1.36. The van der Waals surface area contributed by atoms with Crippen LogP contribution < -0.4 is 10.6 Å². The van der Waals surface area contributed by atoms with Crippen molar-refractivity contribution in [1.82, 2.24) is 20.4 Å². The summed E-state index contributed by atoms with van der Waals surface area (Å²) >= 11 is 1.69. The quantitative estimate of drug-likeness (QED) is 0.389. The maximum absolute atomic E-state index is 13.6. The van der Waals surface area contributed by atoms with E-state index >= 15 is 0 Å². The van der Waals surface area contributed by atoms with E-state index < -0.39 is 22.6 Å². The van der Waals surface area contributed by atoms with Gasteiger partial charge in [-0.3, -0.25) is 19.3 Å². The molecule has 4 rings (SSSR count). The second-order valence-corrected chi connectivity index (χ2v) is 11.4. The highest BCUT2D eigenvalue weighted by Crippen LogP contribution is 2.71. The Labute approximate surface area is 194 Å². The van der Waals surface area contributed by atoms with Crippen LogP contribution in [0.25, 0.3) is 0 Å². The van der Waals surface area contributed by atoms with Gasteiger partial charge in [-0.05, 0) is 32.6 Å². The van der Waals surface area contributed by atoms with Gasteiger partial charge in [-0.1, -0.05) is 0 Å². The van der Waals surface area contributed by atoms with Crippen molar-refractivity contribution in [3.8, 4) is 0 Å². The molecule has 4 aliphatic rings. The fourth-order valence-corrected chi connectivity index (χ4v) is 8.53. The number of hydrogen-bond acceptors (Lipinski definition) is 7. The van der Waals surface area contributed by atoms with Crippen molar-refractivity contribution in [3.05, 3.63) is 0 Å². The van der Waals surface area contributed by atoms with Gasteiger partial charge < -0.3 is 25.4 Å². The molecule has 0 saturated carbocycles. The van der Waals surface area contributed by atoms with Crippen LogP contribution in [0.2, 0.25) is 0 Å². The highest BCUT2D eigenvalue weighted by atomic mass is 32.2. The molecule has 0 aromatic carbocycles. The van der Waals surface area contributed by atoms with Gasteiger partial charge in [0.05, 0.1) is 29.8 Å². The predicted molar refractivity (Wildman–Crippen MR) is 121 cm³/mol. The Kier molecular flexibility index (Phi) is 7.05. The van der Waals surface area contributed by atoms with E-state index in [1.165, 1.54) is 0 Å². The van der Waals surface area contributed by atoms with Crippen molar-refractivity contribution >= 4 is 29.5 Å². The molecule has 0 radical (unpaired) electrons. The van der Waals surface area contributed by atoms with E-state index in [1.807, 2.05) is 0 Å². The Balaban J connectivity index is 1.54. The SMILES string of the molecule is CNC(=O)[C@H]1[C@H]2C(=O)N(CCCCO)C(C(=O)NCCN3CCOCC3)C23CC[C@]1(C)S3. The average Bonchev–Trinajstić information content (AvgIpc) is 3.35. The number of aliphatic hydroxyl groups is 1. The molecule has 1 spiro atoms. The minimum absolute atomic E-state index is 0.0563. The lowest BCUT2D eigenvalue weighted by Gasteiger charge is -2.35. The molecule has 3 N–H and O–H groups in total. The second kappa shape index (κ2) is 9.48. The van der Waals surface area contributed by atoms with Crippen molar-refractivity contribution in [1.29, 1.82) is 0 Å². The van der Waals surface area contributed by atoms with Gasteiger partial charge in [0, 0.05) is 51.1 Å². The third-order valence-corrected chi connectivity index (χ3v) is 9.68. The number of carbonyl (C=O) groups excluding carboxylic acids is 3. The summed E-state index contributed by atoms with van der Waals surface area (Å²) in [4.78, 5) is 44.0. The maximum Gasteiger partial charge on any atom is 0.244 e. The number of ether oxygens (including phenoxy) is 1. The van der Waals surface area contributed by atoms with Crippen molar-refractivity contribution < 1.29 is 24.2 Å². The fourth-order valence-electron chi connectivity index (χ4n) is 6.18. The first kappa shape index (κ1) is 23.8. The van der Waals surface area contributed by atoms with Crippen LogP contribution in [-0.4, -0.2) is 108 Å². The van der Waals surface area contributed by atoms with Gasteiger partial charge >= 0.3 is 0 Å². The summed E-state index contributed by atoms with van der Waals surface area (Å²) in [6, 6.07) is -0.579. The number of likely N-dealkylation sites (tertiary alicyclic amines) is 1. The van der Waals surface area contributed by atoms with E-state index in [1.54, 1.807) is 23.7 Å². The van der Waals surface area contributed by atoms with E-state index in [2.05, 4.69) is 22.5 Å².